The van der Waals surface area contributed by atoms with Gasteiger partial charge in [0.25, 0.3) is 0 Å². The van der Waals surface area contributed by atoms with Gasteiger partial charge in [-0.25, -0.2) is 0 Å². The zero-order valence-corrected chi connectivity index (χ0v) is 12.6. The summed E-state index contributed by atoms with van der Waals surface area (Å²) in [7, 11) is 0. The molecule has 100 valence electrons. The molecule has 0 spiro atoms. The number of aryl methyl sites for hydroxylation is 1. The van der Waals surface area contributed by atoms with E-state index in [0.29, 0.717) is 5.82 Å². The predicted molar refractivity (Wildman–Crippen MR) is 86.3 cm³/mol. The van der Waals surface area contributed by atoms with Crippen molar-refractivity contribution in [1.82, 2.24) is 10.2 Å². The Bertz CT molecular complexity index is 762. The zero-order chi connectivity index (χ0) is 14.1. The number of rotatable bonds is 2. The summed E-state index contributed by atoms with van der Waals surface area (Å²) in [6, 6.07) is 16.3. The third-order valence-corrected chi connectivity index (χ3v) is 3.94. The van der Waals surface area contributed by atoms with Gasteiger partial charge in [-0.15, -0.1) is 0 Å². The van der Waals surface area contributed by atoms with Crippen LogP contribution < -0.4 is 5.73 Å². The first-order valence-electron chi connectivity index (χ1n) is 6.32. The number of nitrogens with zero attached hydrogens (tertiary/aromatic N) is 1. The number of hydrogen-bond donors (Lipinski definition) is 2. The van der Waals surface area contributed by atoms with Gasteiger partial charge >= 0.3 is 0 Å². The molecule has 0 aliphatic rings. The Kier molecular flexibility index (Phi) is 3.32. The molecule has 0 saturated carbocycles. The van der Waals surface area contributed by atoms with E-state index < -0.39 is 0 Å². The molecule has 0 amide bonds. The van der Waals surface area contributed by atoms with Crippen LogP contribution >= 0.6 is 15.9 Å². The Morgan fingerprint density at radius 2 is 1.90 bits per heavy atom. The number of aromatic amines is 1. The Balaban J connectivity index is 2.23. The van der Waals surface area contributed by atoms with Crippen molar-refractivity contribution in [2.24, 2.45) is 0 Å². The van der Waals surface area contributed by atoms with E-state index in [-0.39, 0.29) is 0 Å². The second kappa shape index (κ2) is 5.13. The predicted octanol–water partition coefficient (Wildman–Crippen LogP) is 4.40. The summed E-state index contributed by atoms with van der Waals surface area (Å²) >= 11 is 3.58. The molecular weight excluding hydrogens is 314 g/mol. The van der Waals surface area contributed by atoms with Gasteiger partial charge in [0, 0.05) is 15.6 Å². The molecule has 0 fully saturated rings. The summed E-state index contributed by atoms with van der Waals surface area (Å²) in [5.41, 5.74) is 11.3. The van der Waals surface area contributed by atoms with Crippen LogP contribution in [0, 0.1) is 6.92 Å². The molecule has 1 aromatic heterocycles. The molecule has 1 heterocycles. The summed E-state index contributed by atoms with van der Waals surface area (Å²) in [6.45, 7) is 2.07. The normalized spacial score (nSPS) is 10.7. The van der Waals surface area contributed by atoms with Gasteiger partial charge in [0.15, 0.2) is 5.82 Å². The van der Waals surface area contributed by atoms with Crippen molar-refractivity contribution in [3.05, 3.63) is 58.6 Å². The number of hydrogen-bond acceptors (Lipinski definition) is 2. The Hall–Kier alpha value is -2.07. The van der Waals surface area contributed by atoms with Crippen LogP contribution in [0.25, 0.3) is 22.4 Å². The number of nitrogens with two attached hydrogens (primary N) is 1. The lowest BCUT2D eigenvalue weighted by Crippen LogP contribution is -1.89. The molecule has 3 aromatic rings. The zero-order valence-electron chi connectivity index (χ0n) is 11.0. The van der Waals surface area contributed by atoms with Crippen LogP contribution in [0.3, 0.4) is 0 Å². The monoisotopic (exact) mass is 327 g/mol. The van der Waals surface area contributed by atoms with E-state index in [1.807, 2.05) is 30.3 Å². The molecule has 3 N–H and O–H groups in total. The van der Waals surface area contributed by atoms with Gasteiger partial charge in [0.05, 0.1) is 11.3 Å². The second-order valence-electron chi connectivity index (χ2n) is 4.71. The highest BCUT2D eigenvalue weighted by Crippen LogP contribution is 2.38. The summed E-state index contributed by atoms with van der Waals surface area (Å²) in [4.78, 5) is 0. The third kappa shape index (κ3) is 2.23. The maximum atomic E-state index is 6.05. The van der Waals surface area contributed by atoms with Crippen LogP contribution in [0.1, 0.15) is 5.56 Å². The summed E-state index contributed by atoms with van der Waals surface area (Å²) in [5, 5.41) is 7.22. The minimum Gasteiger partial charge on any atom is -0.382 e. The van der Waals surface area contributed by atoms with Crippen molar-refractivity contribution < 1.29 is 0 Å². The summed E-state index contributed by atoms with van der Waals surface area (Å²) in [5.74, 6) is 0.508. The molecule has 4 heteroatoms. The number of aromatic nitrogens is 2. The molecule has 3 nitrogen and oxygen atoms in total. The fraction of sp³-hybridized carbons (Fsp3) is 0.0625. The van der Waals surface area contributed by atoms with Crippen LogP contribution in [-0.4, -0.2) is 10.2 Å². The number of nitrogen functional groups attached to an aromatic ring is 1. The lowest BCUT2D eigenvalue weighted by atomic mass is 10.00. The van der Waals surface area contributed by atoms with Gasteiger partial charge < -0.3 is 5.73 Å². The van der Waals surface area contributed by atoms with Crippen LogP contribution in [0.2, 0.25) is 0 Å². The van der Waals surface area contributed by atoms with E-state index in [0.717, 1.165) is 26.9 Å². The molecule has 0 bridgehead atoms. The average Bonchev–Trinajstić information content (AvgIpc) is 2.81. The van der Waals surface area contributed by atoms with Gasteiger partial charge in [-0.3, -0.25) is 5.10 Å². The first kappa shape index (κ1) is 12.9. The van der Waals surface area contributed by atoms with Crippen LogP contribution in [0.15, 0.2) is 53.0 Å². The van der Waals surface area contributed by atoms with E-state index in [1.165, 1.54) is 5.56 Å². The van der Waals surface area contributed by atoms with Crippen molar-refractivity contribution in [2.45, 2.75) is 6.92 Å². The number of nitrogens with one attached hydrogen (secondary N) is 1. The van der Waals surface area contributed by atoms with Crippen molar-refractivity contribution in [1.29, 1.82) is 0 Å². The molecular formula is C16H14BrN3. The first-order chi connectivity index (χ1) is 9.66. The quantitative estimate of drug-likeness (QED) is 0.733. The smallest absolute Gasteiger partial charge is 0.153 e. The van der Waals surface area contributed by atoms with Gasteiger partial charge in [-0.05, 0) is 19.1 Å². The van der Waals surface area contributed by atoms with Gasteiger partial charge in [0.1, 0.15) is 0 Å². The first-order valence-corrected chi connectivity index (χ1v) is 7.12. The standard InChI is InChI=1S/C16H14BrN3/c1-10-5-4-6-11(9-10)15-14(16(18)20-19-15)12-7-2-3-8-13(12)17/h2-9H,1H3,(H3,18,19,20). The van der Waals surface area contributed by atoms with Gasteiger partial charge in [-0.2, -0.15) is 5.10 Å². The topological polar surface area (TPSA) is 54.7 Å². The highest BCUT2D eigenvalue weighted by Gasteiger charge is 2.16. The number of halogens is 1. The highest BCUT2D eigenvalue weighted by atomic mass is 79.9. The van der Waals surface area contributed by atoms with Crippen molar-refractivity contribution in [3.63, 3.8) is 0 Å². The molecule has 2 aromatic carbocycles. The number of benzene rings is 2. The second-order valence-corrected chi connectivity index (χ2v) is 5.56. The van der Waals surface area contributed by atoms with E-state index >= 15 is 0 Å². The molecule has 20 heavy (non-hydrogen) atoms. The van der Waals surface area contributed by atoms with Crippen LogP contribution in [-0.2, 0) is 0 Å². The summed E-state index contributed by atoms with van der Waals surface area (Å²) < 4.78 is 1.00. The molecule has 0 unspecified atom stereocenters. The van der Waals surface area contributed by atoms with E-state index in [1.54, 1.807) is 0 Å². The summed E-state index contributed by atoms with van der Waals surface area (Å²) in [6.07, 6.45) is 0. The number of H-pyrrole nitrogens is 1. The Morgan fingerprint density at radius 1 is 1.10 bits per heavy atom. The minimum atomic E-state index is 0.508. The van der Waals surface area contributed by atoms with E-state index in [4.69, 9.17) is 5.73 Å². The molecule has 3 rings (SSSR count). The van der Waals surface area contributed by atoms with Gasteiger partial charge in [0.2, 0.25) is 0 Å². The molecule has 0 radical (unpaired) electrons. The average molecular weight is 328 g/mol. The van der Waals surface area contributed by atoms with Crippen molar-refractivity contribution >= 4 is 21.7 Å². The molecule has 0 atom stereocenters. The van der Waals surface area contributed by atoms with E-state index in [9.17, 15) is 0 Å². The maximum Gasteiger partial charge on any atom is 0.153 e. The number of anilines is 1. The van der Waals surface area contributed by atoms with Crippen molar-refractivity contribution in [3.8, 4) is 22.4 Å². The van der Waals surface area contributed by atoms with Crippen LogP contribution in [0.4, 0.5) is 5.82 Å². The fourth-order valence-electron chi connectivity index (χ4n) is 2.30. The molecule has 0 aliphatic heterocycles. The lowest BCUT2D eigenvalue weighted by Gasteiger charge is -2.07. The van der Waals surface area contributed by atoms with Crippen LogP contribution in [0.5, 0.6) is 0 Å². The van der Waals surface area contributed by atoms with Gasteiger partial charge in [-0.1, -0.05) is 57.9 Å². The largest absolute Gasteiger partial charge is 0.382 e. The fourth-order valence-corrected chi connectivity index (χ4v) is 2.79. The van der Waals surface area contributed by atoms with Crippen molar-refractivity contribution in [2.75, 3.05) is 5.73 Å². The third-order valence-electron chi connectivity index (χ3n) is 3.24. The molecule has 0 saturated heterocycles. The van der Waals surface area contributed by atoms with E-state index in [2.05, 4.69) is 51.3 Å². The lowest BCUT2D eigenvalue weighted by molar-refractivity contribution is 1.10. The SMILES string of the molecule is Cc1cccc(-c2[nH]nc(N)c2-c2ccccc2Br)c1. The Labute approximate surface area is 126 Å². The maximum absolute atomic E-state index is 6.05. The Morgan fingerprint density at radius 3 is 2.65 bits per heavy atom. The molecule has 0 aliphatic carbocycles. The minimum absolute atomic E-state index is 0.508. The highest BCUT2D eigenvalue weighted by molar-refractivity contribution is 9.10.